The van der Waals surface area contributed by atoms with Gasteiger partial charge >= 0.3 is 0 Å². The van der Waals surface area contributed by atoms with E-state index >= 15 is 0 Å². The summed E-state index contributed by atoms with van der Waals surface area (Å²) in [5, 5.41) is 1.77. The number of para-hydroxylation sites is 2. The molecule has 6 heteroatoms. The van der Waals surface area contributed by atoms with E-state index in [9.17, 15) is 9.59 Å². The molecule has 0 fully saturated rings. The Balaban J connectivity index is 1.77. The van der Waals surface area contributed by atoms with Crippen molar-refractivity contribution in [1.29, 1.82) is 0 Å². The van der Waals surface area contributed by atoms with Crippen LogP contribution in [0, 0.1) is 0 Å². The first-order valence-electron chi connectivity index (χ1n) is 12.4. The summed E-state index contributed by atoms with van der Waals surface area (Å²) in [6.45, 7) is 8.07. The molecule has 2 aliphatic rings. The van der Waals surface area contributed by atoms with Gasteiger partial charge in [0.25, 0.3) is 11.1 Å². The van der Waals surface area contributed by atoms with Crippen LogP contribution in [0.3, 0.4) is 0 Å². The zero-order chi connectivity index (χ0) is 25.5. The predicted octanol–water partition coefficient (Wildman–Crippen LogP) is 5.16. The van der Waals surface area contributed by atoms with Gasteiger partial charge in [0.2, 0.25) is 0 Å². The normalized spacial score (nSPS) is 21.7. The highest BCUT2D eigenvalue weighted by Gasteiger charge is 2.54. The molecule has 0 aliphatic carbocycles. The van der Waals surface area contributed by atoms with Gasteiger partial charge in [-0.3, -0.25) is 9.59 Å². The van der Waals surface area contributed by atoms with E-state index in [1.807, 2.05) is 76.2 Å². The van der Waals surface area contributed by atoms with Gasteiger partial charge < -0.3 is 18.6 Å². The van der Waals surface area contributed by atoms with Gasteiger partial charge in [-0.05, 0) is 52.0 Å². The molecule has 0 saturated carbocycles. The number of rotatable bonds is 1. The Morgan fingerprint density at radius 2 is 1.36 bits per heavy atom. The molecule has 3 unspecified atom stereocenters. The molecular weight excluding hydrogens is 452 g/mol. The van der Waals surface area contributed by atoms with E-state index in [2.05, 4.69) is 6.08 Å². The zero-order valence-corrected chi connectivity index (χ0v) is 21.5. The average molecular weight is 483 g/mol. The fourth-order valence-corrected chi connectivity index (χ4v) is 6.15. The smallest absolute Gasteiger partial charge is 0.258 e. The zero-order valence-electron chi connectivity index (χ0n) is 21.5. The van der Waals surface area contributed by atoms with E-state index in [4.69, 9.17) is 9.47 Å². The van der Waals surface area contributed by atoms with Crippen molar-refractivity contribution in [3.05, 3.63) is 92.0 Å². The van der Waals surface area contributed by atoms with Gasteiger partial charge in [0.05, 0.1) is 22.2 Å². The van der Waals surface area contributed by atoms with Gasteiger partial charge in [-0.25, -0.2) is 0 Å². The highest BCUT2D eigenvalue weighted by Crippen LogP contribution is 2.55. The number of hydrogen-bond donors (Lipinski definition) is 0. The monoisotopic (exact) mass is 482 g/mol. The number of ether oxygens (including phenoxy) is 2. The molecule has 0 bridgehead atoms. The Labute approximate surface area is 209 Å². The molecular formula is C30H30N2O4. The number of benzene rings is 2. The standard InChI is InChI=1S/C30H30N2O4/c1-16(2)15-19-22-24-26(18-12-8-10-14-21(18)32(6)29(24)34)36-30(3,4)27(22)35-25-17-11-7-9-13-20(17)31(5)28(33)23(19)25/h7-15,19,22,27H,1-6H3. The first kappa shape index (κ1) is 22.7. The number of aryl methyl sites for hydroxylation is 2. The van der Waals surface area contributed by atoms with Crippen LogP contribution in [0.2, 0.25) is 0 Å². The van der Waals surface area contributed by atoms with Gasteiger partial charge in [0.15, 0.2) is 0 Å². The van der Waals surface area contributed by atoms with Crippen molar-refractivity contribution in [3.8, 4) is 11.5 Å². The summed E-state index contributed by atoms with van der Waals surface area (Å²) in [6, 6.07) is 15.6. The first-order chi connectivity index (χ1) is 17.1. The van der Waals surface area contributed by atoms with Gasteiger partial charge in [-0.2, -0.15) is 0 Å². The Bertz CT molecular complexity index is 1720. The maximum atomic E-state index is 13.9. The molecule has 6 nitrogen and oxygen atoms in total. The lowest BCUT2D eigenvalue weighted by Gasteiger charge is -2.49. The topological polar surface area (TPSA) is 62.5 Å². The third-order valence-corrected chi connectivity index (χ3v) is 7.77. The molecule has 3 atom stereocenters. The molecule has 0 spiro atoms. The van der Waals surface area contributed by atoms with Crippen LogP contribution >= 0.6 is 0 Å². The number of pyridine rings is 2. The Morgan fingerprint density at radius 1 is 0.833 bits per heavy atom. The lowest BCUT2D eigenvalue weighted by molar-refractivity contribution is -0.0528. The number of aromatic nitrogens is 2. The SMILES string of the molecule is CC(C)=CC1c2c(c3ccccc3n(C)c2=O)OC2C1c1c(c3ccccc3n(C)c1=O)OC2(C)C. The number of nitrogens with zero attached hydrogens (tertiary/aromatic N) is 2. The van der Waals surface area contributed by atoms with Crippen LogP contribution in [0.5, 0.6) is 11.5 Å². The third-order valence-electron chi connectivity index (χ3n) is 7.77. The summed E-state index contributed by atoms with van der Waals surface area (Å²) in [6.07, 6.45) is 1.65. The summed E-state index contributed by atoms with van der Waals surface area (Å²) in [4.78, 5) is 27.8. The lowest BCUT2D eigenvalue weighted by atomic mass is 9.69. The van der Waals surface area contributed by atoms with Gasteiger partial charge in [-0.15, -0.1) is 0 Å². The maximum absolute atomic E-state index is 13.9. The second-order valence-electron chi connectivity index (χ2n) is 10.8. The molecule has 2 aliphatic heterocycles. The lowest BCUT2D eigenvalue weighted by Crippen LogP contribution is -2.57. The summed E-state index contributed by atoms with van der Waals surface area (Å²) in [5.41, 5.74) is 2.90. The minimum absolute atomic E-state index is 0.104. The molecule has 4 aromatic rings. The van der Waals surface area contributed by atoms with Crippen molar-refractivity contribution in [2.24, 2.45) is 14.1 Å². The van der Waals surface area contributed by atoms with E-state index in [1.165, 1.54) is 0 Å². The Kier molecular flexibility index (Phi) is 4.78. The summed E-state index contributed by atoms with van der Waals surface area (Å²) < 4.78 is 16.8. The van der Waals surface area contributed by atoms with Crippen LogP contribution in [0.4, 0.5) is 0 Å². The van der Waals surface area contributed by atoms with Crippen molar-refractivity contribution < 1.29 is 9.47 Å². The molecule has 4 heterocycles. The van der Waals surface area contributed by atoms with Crippen LogP contribution in [0.25, 0.3) is 21.8 Å². The van der Waals surface area contributed by atoms with Gasteiger partial charge in [-0.1, -0.05) is 35.9 Å². The number of fused-ring (bicyclic) bond motifs is 8. The van der Waals surface area contributed by atoms with Crippen molar-refractivity contribution >= 4 is 21.8 Å². The highest BCUT2D eigenvalue weighted by atomic mass is 16.6. The number of allylic oxidation sites excluding steroid dienone is 2. The second kappa shape index (κ2) is 7.60. The molecule has 184 valence electrons. The molecule has 36 heavy (non-hydrogen) atoms. The number of hydrogen-bond acceptors (Lipinski definition) is 4. The van der Waals surface area contributed by atoms with Crippen LogP contribution in [-0.2, 0) is 14.1 Å². The fraction of sp³-hybridized carbons (Fsp3) is 0.333. The molecule has 0 saturated heterocycles. The van der Waals surface area contributed by atoms with Crippen molar-refractivity contribution in [3.63, 3.8) is 0 Å². The van der Waals surface area contributed by atoms with Crippen LogP contribution in [0.1, 0.15) is 50.7 Å². The van der Waals surface area contributed by atoms with Crippen molar-refractivity contribution in [2.45, 2.75) is 51.2 Å². The minimum atomic E-state index is -0.750. The van der Waals surface area contributed by atoms with Crippen LogP contribution in [-0.4, -0.2) is 20.8 Å². The summed E-state index contributed by atoms with van der Waals surface area (Å²) in [5.74, 6) is 0.457. The molecule has 0 amide bonds. The Morgan fingerprint density at radius 3 is 1.94 bits per heavy atom. The quantitative estimate of drug-likeness (QED) is 0.352. The van der Waals surface area contributed by atoms with Crippen LogP contribution in [0.15, 0.2) is 69.8 Å². The second-order valence-corrected chi connectivity index (χ2v) is 10.8. The van der Waals surface area contributed by atoms with E-state index in [0.717, 1.165) is 27.4 Å². The largest absolute Gasteiger partial charge is 0.484 e. The van der Waals surface area contributed by atoms with Crippen LogP contribution < -0.4 is 20.6 Å². The average Bonchev–Trinajstić information content (AvgIpc) is 2.85. The highest BCUT2D eigenvalue weighted by molar-refractivity contribution is 5.89. The third kappa shape index (κ3) is 2.96. The molecule has 2 aromatic carbocycles. The van der Waals surface area contributed by atoms with Crippen molar-refractivity contribution in [2.75, 3.05) is 0 Å². The molecule has 2 aromatic heterocycles. The molecule has 0 radical (unpaired) electrons. The van der Waals surface area contributed by atoms with Gasteiger partial charge in [0.1, 0.15) is 23.2 Å². The van der Waals surface area contributed by atoms with E-state index in [-0.39, 0.29) is 23.0 Å². The first-order valence-corrected chi connectivity index (χ1v) is 12.4. The van der Waals surface area contributed by atoms with E-state index in [0.29, 0.717) is 22.6 Å². The predicted molar refractivity (Wildman–Crippen MR) is 142 cm³/mol. The van der Waals surface area contributed by atoms with E-state index in [1.54, 1.807) is 23.2 Å². The summed E-state index contributed by atoms with van der Waals surface area (Å²) >= 11 is 0. The maximum Gasteiger partial charge on any atom is 0.258 e. The van der Waals surface area contributed by atoms with Gasteiger partial charge in [0, 0.05) is 36.7 Å². The molecule has 0 N–H and O–H groups in total. The fourth-order valence-electron chi connectivity index (χ4n) is 6.15. The Hall–Kier alpha value is -3.80. The van der Waals surface area contributed by atoms with Crippen molar-refractivity contribution in [1.82, 2.24) is 9.13 Å². The molecule has 6 rings (SSSR count). The summed E-state index contributed by atoms with van der Waals surface area (Å²) in [7, 11) is 3.59. The minimum Gasteiger partial charge on any atom is -0.484 e. The van der Waals surface area contributed by atoms with E-state index < -0.39 is 11.7 Å².